The quantitative estimate of drug-likeness (QED) is 0.597. The van der Waals surface area contributed by atoms with Crippen LogP contribution in [0.1, 0.15) is 43.0 Å². The summed E-state index contributed by atoms with van der Waals surface area (Å²) < 4.78 is 5.83. The van der Waals surface area contributed by atoms with Crippen LogP contribution in [0.5, 0.6) is 0 Å². The van der Waals surface area contributed by atoms with Gasteiger partial charge in [-0.25, -0.2) is 4.79 Å². The van der Waals surface area contributed by atoms with Crippen molar-refractivity contribution in [2.24, 2.45) is 0 Å². The molecule has 2 heterocycles. The summed E-state index contributed by atoms with van der Waals surface area (Å²) in [7, 11) is 0. The Kier molecular flexibility index (Phi) is 7.23. The Morgan fingerprint density at radius 2 is 1.69 bits per heavy atom. The minimum absolute atomic E-state index is 0.181. The molecule has 35 heavy (non-hydrogen) atoms. The van der Waals surface area contributed by atoms with E-state index in [1.807, 2.05) is 49.4 Å². The highest BCUT2D eigenvalue weighted by atomic mass is 16.5. The first-order valence-corrected chi connectivity index (χ1v) is 12.1. The van der Waals surface area contributed by atoms with Gasteiger partial charge in [-0.15, -0.1) is 0 Å². The molecule has 0 aliphatic carbocycles. The van der Waals surface area contributed by atoms with Gasteiger partial charge in [-0.3, -0.25) is 19.4 Å². The monoisotopic (exact) mass is 478 g/mol. The Balaban J connectivity index is 1.37. The number of carbonyl (C=O) groups is 3. The van der Waals surface area contributed by atoms with Crippen LogP contribution in [-0.2, 0) is 33.0 Å². The topological polar surface area (TPSA) is 91.0 Å². The number of nitrogens with zero attached hydrogens (tertiary/aromatic N) is 2. The highest BCUT2D eigenvalue weighted by molar-refractivity contribution is 6.09. The largest absolute Gasteiger partial charge is 0.373 e. The van der Waals surface area contributed by atoms with E-state index in [0.717, 1.165) is 41.2 Å². The lowest BCUT2D eigenvalue weighted by atomic mass is 9.91. The van der Waals surface area contributed by atoms with Crippen LogP contribution in [0.15, 0.2) is 48.5 Å². The molecule has 2 aromatic carbocycles. The van der Waals surface area contributed by atoms with Gasteiger partial charge >= 0.3 is 6.03 Å². The van der Waals surface area contributed by atoms with Crippen molar-refractivity contribution in [3.8, 4) is 0 Å². The number of nitrogens with one attached hydrogen (secondary N) is 2. The predicted octanol–water partition coefficient (Wildman–Crippen LogP) is 2.69. The van der Waals surface area contributed by atoms with Gasteiger partial charge in [0.1, 0.15) is 12.1 Å². The lowest BCUT2D eigenvalue weighted by Crippen LogP contribution is -2.45. The summed E-state index contributed by atoms with van der Waals surface area (Å²) in [6.45, 7) is 10.3. The van der Waals surface area contributed by atoms with E-state index in [-0.39, 0.29) is 24.7 Å². The SMILES string of the molecule is Cc1ccc(C2(C)NC(=O)N(CC(=O)NCc3ccccc3CN3CC(C)OC(C)C3)C2=O)cc1. The number of amides is 4. The van der Waals surface area contributed by atoms with Gasteiger partial charge in [0.2, 0.25) is 5.91 Å². The number of ether oxygens (including phenoxy) is 1. The molecular weight excluding hydrogens is 444 g/mol. The van der Waals surface area contributed by atoms with Crippen molar-refractivity contribution in [3.05, 3.63) is 70.8 Å². The molecule has 0 bridgehead atoms. The summed E-state index contributed by atoms with van der Waals surface area (Å²) in [6, 6.07) is 14.9. The van der Waals surface area contributed by atoms with E-state index in [1.165, 1.54) is 0 Å². The van der Waals surface area contributed by atoms with Crippen LogP contribution in [-0.4, -0.2) is 59.5 Å². The Bertz CT molecular complexity index is 1090. The van der Waals surface area contributed by atoms with Gasteiger partial charge in [0.05, 0.1) is 12.2 Å². The van der Waals surface area contributed by atoms with Crippen molar-refractivity contribution in [2.75, 3.05) is 19.6 Å². The number of urea groups is 1. The molecular formula is C27H34N4O4. The van der Waals surface area contributed by atoms with Crippen LogP contribution in [0.4, 0.5) is 4.79 Å². The second kappa shape index (κ2) is 10.2. The molecule has 3 atom stereocenters. The molecule has 2 saturated heterocycles. The lowest BCUT2D eigenvalue weighted by molar-refractivity contribution is -0.134. The van der Waals surface area contributed by atoms with Gasteiger partial charge in [0.15, 0.2) is 0 Å². The number of benzene rings is 2. The fourth-order valence-corrected chi connectivity index (χ4v) is 4.86. The van der Waals surface area contributed by atoms with Crippen LogP contribution in [0.3, 0.4) is 0 Å². The summed E-state index contributed by atoms with van der Waals surface area (Å²) in [5.74, 6) is -0.817. The van der Waals surface area contributed by atoms with E-state index in [9.17, 15) is 14.4 Å². The zero-order valence-electron chi connectivity index (χ0n) is 20.8. The number of imide groups is 1. The average molecular weight is 479 g/mol. The molecule has 0 radical (unpaired) electrons. The zero-order valence-corrected chi connectivity index (χ0v) is 20.8. The van der Waals surface area contributed by atoms with Crippen molar-refractivity contribution < 1.29 is 19.1 Å². The summed E-state index contributed by atoms with van der Waals surface area (Å²) in [5, 5.41) is 5.63. The summed E-state index contributed by atoms with van der Waals surface area (Å²) in [4.78, 5) is 41.8. The number of aryl methyl sites for hydroxylation is 1. The molecule has 2 N–H and O–H groups in total. The lowest BCUT2D eigenvalue weighted by Gasteiger charge is -2.35. The maximum Gasteiger partial charge on any atom is 0.325 e. The number of morpholine rings is 1. The number of hydrogen-bond acceptors (Lipinski definition) is 5. The minimum atomic E-state index is -1.19. The normalized spacial score (nSPS) is 25.0. The van der Waals surface area contributed by atoms with Crippen molar-refractivity contribution >= 4 is 17.8 Å². The standard InChI is InChI=1S/C27H34N4O4/c1-18-9-11-23(12-10-18)27(4)25(33)31(26(34)29-27)17-24(32)28-13-21-7-5-6-8-22(21)16-30-14-19(2)35-20(3)15-30/h5-12,19-20H,13-17H2,1-4H3,(H,28,32)(H,29,34). The first-order valence-electron chi connectivity index (χ1n) is 12.1. The van der Waals surface area contributed by atoms with Crippen LogP contribution in [0.25, 0.3) is 0 Å². The summed E-state index contributed by atoms with van der Waals surface area (Å²) in [5.41, 5.74) is 2.70. The van der Waals surface area contributed by atoms with Gasteiger partial charge in [0, 0.05) is 26.2 Å². The zero-order chi connectivity index (χ0) is 25.2. The van der Waals surface area contributed by atoms with Gasteiger partial charge in [-0.05, 0) is 44.4 Å². The van der Waals surface area contributed by atoms with Crippen molar-refractivity contribution in [3.63, 3.8) is 0 Å². The van der Waals surface area contributed by atoms with Gasteiger partial charge in [-0.1, -0.05) is 54.1 Å². The highest BCUT2D eigenvalue weighted by Crippen LogP contribution is 2.29. The second-order valence-corrected chi connectivity index (χ2v) is 9.81. The molecule has 8 heteroatoms. The predicted molar refractivity (Wildman–Crippen MR) is 132 cm³/mol. The molecule has 4 rings (SSSR count). The van der Waals surface area contributed by atoms with Crippen LogP contribution in [0, 0.1) is 6.92 Å². The first kappa shape index (κ1) is 24.9. The van der Waals surface area contributed by atoms with E-state index in [0.29, 0.717) is 12.1 Å². The van der Waals surface area contributed by atoms with Crippen LogP contribution < -0.4 is 10.6 Å². The molecule has 8 nitrogen and oxygen atoms in total. The van der Waals surface area contributed by atoms with E-state index in [2.05, 4.69) is 35.4 Å². The number of rotatable bonds is 7. The molecule has 0 spiro atoms. The van der Waals surface area contributed by atoms with Crippen molar-refractivity contribution in [1.29, 1.82) is 0 Å². The molecule has 2 aromatic rings. The van der Waals surface area contributed by atoms with E-state index in [1.54, 1.807) is 6.92 Å². The van der Waals surface area contributed by atoms with E-state index in [4.69, 9.17) is 4.74 Å². The van der Waals surface area contributed by atoms with Crippen LogP contribution in [0.2, 0.25) is 0 Å². The molecule has 0 saturated carbocycles. The Hall–Kier alpha value is -3.23. The second-order valence-electron chi connectivity index (χ2n) is 9.81. The van der Waals surface area contributed by atoms with Crippen molar-refractivity contribution in [2.45, 2.75) is 58.5 Å². The van der Waals surface area contributed by atoms with E-state index >= 15 is 0 Å². The molecule has 2 aliphatic rings. The minimum Gasteiger partial charge on any atom is -0.373 e. The summed E-state index contributed by atoms with van der Waals surface area (Å²) in [6.07, 6.45) is 0.362. The Morgan fingerprint density at radius 1 is 1.06 bits per heavy atom. The molecule has 3 unspecified atom stereocenters. The maximum atomic E-state index is 13.1. The highest BCUT2D eigenvalue weighted by Gasteiger charge is 2.49. The number of carbonyl (C=O) groups excluding carboxylic acids is 3. The molecule has 4 amide bonds. The Morgan fingerprint density at radius 3 is 2.34 bits per heavy atom. The summed E-state index contributed by atoms with van der Waals surface area (Å²) >= 11 is 0. The maximum absolute atomic E-state index is 13.1. The first-order chi connectivity index (χ1) is 16.7. The third-order valence-corrected chi connectivity index (χ3v) is 6.69. The van der Waals surface area contributed by atoms with Crippen LogP contribution >= 0.6 is 0 Å². The van der Waals surface area contributed by atoms with Gasteiger partial charge in [-0.2, -0.15) is 0 Å². The fraction of sp³-hybridized carbons (Fsp3) is 0.444. The van der Waals surface area contributed by atoms with Gasteiger partial charge < -0.3 is 15.4 Å². The van der Waals surface area contributed by atoms with E-state index < -0.39 is 17.5 Å². The Labute approximate surface area is 206 Å². The third-order valence-electron chi connectivity index (χ3n) is 6.69. The molecule has 2 aliphatic heterocycles. The molecule has 186 valence electrons. The molecule has 2 fully saturated rings. The smallest absolute Gasteiger partial charge is 0.325 e. The number of hydrogen-bond donors (Lipinski definition) is 2. The third kappa shape index (κ3) is 5.55. The van der Waals surface area contributed by atoms with Crippen molar-refractivity contribution in [1.82, 2.24) is 20.4 Å². The molecule has 0 aromatic heterocycles. The van der Waals surface area contributed by atoms with Gasteiger partial charge in [0.25, 0.3) is 5.91 Å². The average Bonchev–Trinajstić information content (AvgIpc) is 3.02. The fourth-order valence-electron chi connectivity index (χ4n) is 4.86.